The van der Waals surface area contributed by atoms with Gasteiger partial charge in [-0.2, -0.15) is 0 Å². The van der Waals surface area contributed by atoms with Gasteiger partial charge in [0.25, 0.3) is 0 Å². The molecule has 3 aromatic carbocycles. The number of nitrogens with one attached hydrogen (secondary N) is 2. The Morgan fingerprint density at radius 3 is 1.61 bits per heavy atom. The predicted octanol–water partition coefficient (Wildman–Crippen LogP) is 2.46. The number of amides is 2. The van der Waals surface area contributed by atoms with Gasteiger partial charge in [0.05, 0.1) is 18.0 Å². The molecule has 172 valence electrons. The molecule has 4 N–H and O–H groups in total. The van der Waals surface area contributed by atoms with Crippen LogP contribution >= 0.6 is 0 Å². The van der Waals surface area contributed by atoms with Crippen molar-refractivity contribution in [3.63, 3.8) is 0 Å². The minimum absolute atomic E-state index is 0.0202. The minimum Gasteiger partial charge on any atom is -0.325 e. The lowest BCUT2D eigenvalue weighted by atomic mass is 10.1. The summed E-state index contributed by atoms with van der Waals surface area (Å²) in [5, 5.41) is 10.8. The van der Waals surface area contributed by atoms with E-state index in [9.17, 15) is 18.0 Å². The fourth-order valence-corrected chi connectivity index (χ4v) is 3.71. The normalized spacial score (nSPS) is 11.2. The average molecular weight is 467 g/mol. The molecule has 0 saturated carbocycles. The molecule has 0 saturated heterocycles. The Morgan fingerprint density at radius 2 is 1.18 bits per heavy atom. The van der Waals surface area contributed by atoms with Crippen molar-refractivity contribution in [2.24, 2.45) is 5.14 Å². The lowest BCUT2D eigenvalue weighted by Crippen LogP contribution is -2.40. The average Bonchev–Trinajstić information content (AvgIpc) is 2.78. The van der Waals surface area contributed by atoms with E-state index in [4.69, 9.17) is 5.14 Å². The quantitative estimate of drug-likeness (QED) is 0.424. The van der Waals surface area contributed by atoms with Crippen molar-refractivity contribution >= 4 is 33.2 Å². The van der Waals surface area contributed by atoms with Gasteiger partial charge < -0.3 is 10.6 Å². The number of hydrogen-bond acceptors (Lipinski definition) is 5. The first-order valence-electron chi connectivity index (χ1n) is 10.3. The topological polar surface area (TPSA) is 122 Å². The third kappa shape index (κ3) is 8.15. The summed E-state index contributed by atoms with van der Waals surface area (Å²) in [6, 6.07) is 24.4. The highest BCUT2D eigenvalue weighted by Crippen LogP contribution is 2.11. The smallest absolute Gasteiger partial charge is 0.238 e. The Hall–Kier alpha value is -3.53. The number of carbonyl (C=O) groups excluding carboxylic acids is 2. The Kier molecular flexibility index (Phi) is 8.31. The maximum atomic E-state index is 12.6. The summed E-state index contributed by atoms with van der Waals surface area (Å²) >= 11 is 0. The second kappa shape index (κ2) is 11.4. The van der Waals surface area contributed by atoms with Crippen LogP contribution in [-0.4, -0.2) is 44.8 Å². The number of hydrogen-bond donors (Lipinski definition) is 3. The maximum absolute atomic E-state index is 12.6. The molecule has 0 radical (unpaired) electrons. The van der Waals surface area contributed by atoms with E-state index in [-0.39, 0.29) is 29.8 Å². The number of nitrogens with zero attached hydrogens (tertiary/aromatic N) is 1. The third-order valence-corrected chi connectivity index (χ3v) is 5.75. The molecule has 0 atom stereocenters. The second-order valence-electron chi connectivity index (χ2n) is 7.48. The van der Waals surface area contributed by atoms with Gasteiger partial charge in [0.2, 0.25) is 21.8 Å². The maximum Gasteiger partial charge on any atom is 0.238 e. The van der Waals surface area contributed by atoms with E-state index in [1.165, 1.54) is 12.1 Å². The fraction of sp³-hybridized carbons (Fsp3) is 0.167. The first-order valence-corrected chi connectivity index (χ1v) is 11.9. The van der Waals surface area contributed by atoms with Gasteiger partial charge in [-0.1, -0.05) is 48.5 Å². The zero-order chi connectivity index (χ0) is 23.7. The van der Waals surface area contributed by atoms with E-state index in [1.54, 1.807) is 41.3 Å². The minimum atomic E-state index is -3.76. The molecule has 0 aromatic heterocycles. The summed E-state index contributed by atoms with van der Waals surface area (Å²) in [7, 11) is -3.76. The van der Waals surface area contributed by atoms with Crippen molar-refractivity contribution in [2.75, 3.05) is 30.3 Å². The monoisotopic (exact) mass is 466 g/mol. The van der Waals surface area contributed by atoms with E-state index < -0.39 is 10.0 Å². The molecule has 0 spiro atoms. The van der Waals surface area contributed by atoms with Gasteiger partial charge in [-0.15, -0.1) is 0 Å². The standard InChI is InChI=1S/C24H26N4O4S/c25-33(31,32)22-13-11-19(12-14-22)15-16-28(17-23(29)26-20-7-3-1-4-8-20)18-24(30)27-21-9-5-2-6-10-21/h1-14H,15-18H2,(H,26,29)(H,27,30)(H2,25,31,32). The molecule has 0 fully saturated rings. The highest BCUT2D eigenvalue weighted by Gasteiger charge is 2.16. The summed E-state index contributed by atoms with van der Waals surface area (Å²) in [5.41, 5.74) is 2.21. The van der Waals surface area contributed by atoms with Crippen LogP contribution in [0.4, 0.5) is 11.4 Å². The lowest BCUT2D eigenvalue weighted by Gasteiger charge is -2.21. The first kappa shape index (κ1) is 24.1. The summed E-state index contributed by atoms with van der Waals surface area (Å²) in [4.78, 5) is 26.9. The Labute approximate surface area is 193 Å². The molecule has 0 unspecified atom stereocenters. The van der Waals surface area contributed by atoms with Crippen LogP contribution < -0.4 is 15.8 Å². The lowest BCUT2D eigenvalue weighted by molar-refractivity contribution is -0.120. The van der Waals surface area contributed by atoms with Crippen molar-refractivity contribution in [3.05, 3.63) is 90.5 Å². The molecular formula is C24H26N4O4S. The van der Waals surface area contributed by atoms with E-state index in [0.717, 1.165) is 5.56 Å². The zero-order valence-corrected chi connectivity index (χ0v) is 18.8. The summed E-state index contributed by atoms with van der Waals surface area (Å²) in [6.45, 7) is 0.456. The third-order valence-electron chi connectivity index (χ3n) is 4.82. The molecular weight excluding hydrogens is 440 g/mol. The predicted molar refractivity (Wildman–Crippen MR) is 128 cm³/mol. The molecule has 0 heterocycles. The van der Waals surface area contributed by atoms with Crippen LogP contribution in [0.15, 0.2) is 89.8 Å². The number of rotatable bonds is 10. The second-order valence-corrected chi connectivity index (χ2v) is 9.04. The van der Waals surface area contributed by atoms with Crippen LogP contribution in [0.2, 0.25) is 0 Å². The van der Waals surface area contributed by atoms with Crippen LogP contribution in [0.3, 0.4) is 0 Å². The van der Waals surface area contributed by atoms with E-state index >= 15 is 0 Å². The summed E-state index contributed by atoms with van der Waals surface area (Å²) < 4.78 is 22.9. The molecule has 3 rings (SSSR count). The summed E-state index contributed by atoms with van der Waals surface area (Å²) in [6.07, 6.45) is 0.516. The number of carbonyl (C=O) groups is 2. The Balaban J connectivity index is 1.64. The van der Waals surface area contributed by atoms with Gasteiger partial charge in [0, 0.05) is 17.9 Å². The number of anilines is 2. The first-order chi connectivity index (χ1) is 15.8. The van der Waals surface area contributed by atoms with Crippen molar-refractivity contribution in [1.29, 1.82) is 0 Å². The SMILES string of the molecule is NS(=O)(=O)c1ccc(CCN(CC(=O)Nc2ccccc2)CC(=O)Nc2ccccc2)cc1. The Morgan fingerprint density at radius 1 is 0.727 bits per heavy atom. The molecule has 0 aliphatic carbocycles. The van der Waals surface area contributed by atoms with Gasteiger partial charge in [0.1, 0.15) is 0 Å². The van der Waals surface area contributed by atoms with E-state index in [1.807, 2.05) is 36.4 Å². The number of sulfonamides is 1. The highest BCUT2D eigenvalue weighted by atomic mass is 32.2. The zero-order valence-electron chi connectivity index (χ0n) is 18.0. The molecule has 0 aliphatic heterocycles. The number of benzene rings is 3. The number of primary sulfonamides is 1. The Bertz CT molecular complexity index is 1110. The van der Waals surface area contributed by atoms with E-state index in [2.05, 4.69) is 10.6 Å². The molecule has 9 heteroatoms. The van der Waals surface area contributed by atoms with Gasteiger partial charge in [-0.3, -0.25) is 14.5 Å². The number of para-hydroxylation sites is 2. The van der Waals surface area contributed by atoms with Crippen LogP contribution in [0.1, 0.15) is 5.56 Å². The van der Waals surface area contributed by atoms with Crippen LogP contribution in [-0.2, 0) is 26.0 Å². The van der Waals surface area contributed by atoms with Crippen LogP contribution in [0, 0.1) is 0 Å². The molecule has 2 amide bonds. The van der Waals surface area contributed by atoms with Gasteiger partial charge in [-0.05, 0) is 48.4 Å². The van der Waals surface area contributed by atoms with Crippen molar-refractivity contribution in [2.45, 2.75) is 11.3 Å². The van der Waals surface area contributed by atoms with Gasteiger partial charge in [-0.25, -0.2) is 13.6 Å². The van der Waals surface area contributed by atoms with Gasteiger partial charge >= 0.3 is 0 Å². The molecule has 33 heavy (non-hydrogen) atoms. The van der Waals surface area contributed by atoms with Gasteiger partial charge in [0.15, 0.2) is 0 Å². The molecule has 0 bridgehead atoms. The van der Waals surface area contributed by atoms with Crippen molar-refractivity contribution in [3.8, 4) is 0 Å². The van der Waals surface area contributed by atoms with E-state index in [0.29, 0.717) is 24.3 Å². The summed E-state index contributed by atoms with van der Waals surface area (Å²) in [5.74, 6) is -0.475. The highest BCUT2D eigenvalue weighted by molar-refractivity contribution is 7.89. The van der Waals surface area contributed by atoms with Crippen molar-refractivity contribution < 1.29 is 18.0 Å². The molecule has 8 nitrogen and oxygen atoms in total. The molecule has 3 aromatic rings. The van der Waals surface area contributed by atoms with Crippen LogP contribution in [0.5, 0.6) is 0 Å². The van der Waals surface area contributed by atoms with Crippen LogP contribution in [0.25, 0.3) is 0 Å². The number of nitrogens with two attached hydrogens (primary N) is 1. The largest absolute Gasteiger partial charge is 0.325 e. The fourth-order valence-electron chi connectivity index (χ4n) is 3.20. The molecule has 0 aliphatic rings. The van der Waals surface area contributed by atoms with Crippen molar-refractivity contribution in [1.82, 2.24) is 4.90 Å².